The van der Waals surface area contributed by atoms with Gasteiger partial charge in [0.15, 0.2) is 17.2 Å². The summed E-state index contributed by atoms with van der Waals surface area (Å²) < 4.78 is 59.2. The summed E-state index contributed by atoms with van der Waals surface area (Å²) in [4.78, 5) is 29.9. The molecule has 2 amide bonds. The molecule has 2 aromatic carbocycles. The van der Waals surface area contributed by atoms with Gasteiger partial charge in [-0.15, -0.1) is 0 Å². The Kier molecular flexibility index (Phi) is 10.4. The third kappa shape index (κ3) is 7.42. The van der Waals surface area contributed by atoms with Crippen molar-refractivity contribution in [3.63, 3.8) is 0 Å². The summed E-state index contributed by atoms with van der Waals surface area (Å²) >= 11 is 0. The standard InChI is InChI=1S/C34H41F3N4O5/c1-44-25-15-13-23(14-16-25)31(33(43)38-24-8-4-5-9-24)40(19-18-22-12-17-28(45-2)29(20-22)46-3)30(42)21-41-27-11-7-6-10-26(27)32(39-41)34(35,36)37/h12-17,20,24,31H,4-11,18-19,21H2,1-3H3,(H,38,43)/t31-/m1/s1. The minimum Gasteiger partial charge on any atom is -0.497 e. The van der Waals surface area contributed by atoms with Crippen molar-refractivity contribution in [1.82, 2.24) is 20.0 Å². The molecule has 1 saturated carbocycles. The summed E-state index contributed by atoms with van der Waals surface area (Å²) in [5, 5.41) is 7.06. The number of rotatable bonds is 12. The van der Waals surface area contributed by atoms with Crippen LogP contribution in [0.5, 0.6) is 17.2 Å². The number of nitrogens with one attached hydrogen (secondary N) is 1. The summed E-state index contributed by atoms with van der Waals surface area (Å²) in [5.74, 6) is 0.815. The van der Waals surface area contributed by atoms with E-state index in [-0.39, 0.29) is 30.5 Å². The first-order valence-electron chi connectivity index (χ1n) is 15.7. The van der Waals surface area contributed by atoms with Gasteiger partial charge in [0.05, 0.1) is 21.3 Å². The van der Waals surface area contributed by atoms with Crippen LogP contribution in [-0.2, 0) is 41.6 Å². The van der Waals surface area contributed by atoms with Gasteiger partial charge in [-0.25, -0.2) is 0 Å². The number of hydrogen-bond acceptors (Lipinski definition) is 6. The zero-order valence-electron chi connectivity index (χ0n) is 26.5. The number of nitrogens with zero attached hydrogens (tertiary/aromatic N) is 3. The van der Waals surface area contributed by atoms with Crippen molar-refractivity contribution in [2.75, 3.05) is 27.9 Å². The number of hydrogen-bond donors (Lipinski definition) is 1. The number of carbonyl (C=O) groups excluding carboxylic acids is 2. The van der Waals surface area contributed by atoms with Gasteiger partial charge in [0.1, 0.15) is 18.3 Å². The van der Waals surface area contributed by atoms with E-state index in [1.165, 1.54) is 23.8 Å². The maximum atomic E-state index is 14.3. The molecule has 46 heavy (non-hydrogen) atoms. The van der Waals surface area contributed by atoms with Crippen LogP contribution in [0.2, 0.25) is 0 Å². The first-order valence-corrected chi connectivity index (χ1v) is 15.7. The largest absolute Gasteiger partial charge is 0.497 e. The third-order valence-electron chi connectivity index (χ3n) is 8.91. The Labute approximate surface area is 267 Å². The second-order valence-corrected chi connectivity index (χ2v) is 11.8. The highest BCUT2D eigenvalue weighted by Crippen LogP contribution is 2.36. The molecule has 248 valence electrons. The van der Waals surface area contributed by atoms with E-state index in [9.17, 15) is 22.8 Å². The second-order valence-electron chi connectivity index (χ2n) is 11.8. The van der Waals surface area contributed by atoms with E-state index in [0.29, 0.717) is 54.2 Å². The second kappa shape index (κ2) is 14.5. The molecule has 5 rings (SSSR count). The Morgan fingerprint density at radius 2 is 1.65 bits per heavy atom. The van der Waals surface area contributed by atoms with Crippen LogP contribution in [0.1, 0.15) is 72.6 Å². The Bertz CT molecular complexity index is 1520. The van der Waals surface area contributed by atoms with Gasteiger partial charge < -0.3 is 24.4 Å². The molecule has 0 unspecified atom stereocenters. The molecule has 3 aromatic rings. The minimum atomic E-state index is -4.63. The maximum Gasteiger partial charge on any atom is 0.435 e. The Morgan fingerprint density at radius 3 is 2.30 bits per heavy atom. The van der Waals surface area contributed by atoms with Crippen molar-refractivity contribution in [1.29, 1.82) is 0 Å². The van der Waals surface area contributed by atoms with E-state index in [2.05, 4.69) is 10.4 Å². The van der Waals surface area contributed by atoms with Crippen molar-refractivity contribution >= 4 is 11.8 Å². The lowest BCUT2D eigenvalue weighted by Crippen LogP contribution is -2.47. The van der Waals surface area contributed by atoms with E-state index in [1.807, 2.05) is 12.1 Å². The topological polar surface area (TPSA) is 94.9 Å². The Hall–Kier alpha value is -4.22. The molecule has 2 aliphatic carbocycles. The lowest BCUT2D eigenvalue weighted by atomic mass is 9.95. The summed E-state index contributed by atoms with van der Waals surface area (Å²) in [5.41, 5.74) is 1.06. The van der Waals surface area contributed by atoms with Gasteiger partial charge in [0.25, 0.3) is 0 Å². The van der Waals surface area contributed by atoms with E-state index in [0.717, 1.165) is 31.2 Å². The molecule has 1 heterocycles. The van der Waals surface area contributed by atoms with Crippen LogP contribution in [0.4, 0.5) is 13.2 Å². The van der Waals surface area contributed by atoms with Gasteiger partial charge in [-0.2, -0.15) is 18.3 Å². The van der Waals surface area contributed by atoms with Gasteiger partial charge in [-0.3, -0.25) is 14.3 Å². The molecule has 0 aliphatic heterocycles. The van der Waals surface area contributed by atoms with Crippen molar-refractivity contribution in [2.24, 2.45) is 0 Å². The fourth-order valence-electron chi connectivity index (χ4n) is 6.54. The number of benzene rings is 2. The van der Waals surface area contributed by atoms with Crippen molar-refractivity contribution in [3.8, 4) is 17.2 Å². The average molecular weight is 643 g/mol. The Morgan fingerprint density at radius 1 is 0.957 bits per heavy atom. The molecule has 1 aromatic heterocycles. The van der Waals surface area contributed by atoms with Gasteiger partial charge in [-0.1, -0.05) is 31.0 Å². The molecule has 1 fully saturated rings. The van der Waals surface area contributed by atoms with Crippen LogP contribution < -0.4 is 19.5 Å². The number of halogens is 3. The normalized spacial score (nSPS) is 15.6. The minimum absolute atomic E-state index is 0.0106. The van der Waals surface area contributed by atoms with Gasteiger partial charge in [0.2, 0.25) is 11.8 Å². The van der Waals surface area contributed by atoms with Crippen LogP contribution in [0.25, 0.3) is 0 Å². The molecular weight excluding hydrogens is 601 g/mol. The Balaban J connectivity index is 1.52. The van der Waals surface area contributed by atoms with E-state index < -0.39 is 30.4 Å². The summed E-state index contributed by atoms with van der Waals surface area (Å²) in [6.45, 7) is -0.313. The third-order valence-corrected chi connectivity index (χ3v) is 8.91. The number of ether oxygens (including phenoxy) is 3. The highest BCUT2D eigenvalue weighted by molar-refractivity contribution is 5.89. The van der Waals surface area contributed by atoms with Crippen molar-refractivity contribution < 1.29 is 37.0 Å². The van der Waals surface area contributed by atoms with E-state index in [1.54, 1.807) is 37.4 Å². The van der Waals surface area contributed by atoms with E-state index >= 15 is 0 Å². The molecule has 12 heteroatoms. The maximum absolute atomic E-state index is 14.3. The highest BCUT2D eigenvalue weighted by atomic mass is 19.4. The lowest BCUT2D eigenvalue weighted by molar-refractivity contribution is -0.143. The first-order chi connectivity index (χ1) is 22.1. The predicted octanol–water partition coefficient (Wildman–Crippen LogP) is 5.68. The molecular formula is C34H41F3N4O5. The molecule has 9 nitrogen and oxygen atoms in total. The van der Waals surface area contributed by atoms with Crippen LogP contribution in [-0.4, -0.2) is 60.4 Å². The fourth-order valence-corrected chi connectivity index (χ4v) is 6.54. The number of alkyl halides is 3. The van der Waals surface area contributed by atoms with Crippen molar-refractivity contribution in [3.05, 3.63) is 70.5 Å². The predicted molar refractivity (Wildman–Crippen MR) is 165 cm³/mol. The zero-order chi connectivity index (χ0) is 32.8. The molecule has 0 saturated heterocycles. The average Bonchev–Trinajstić information content (AvgIpc) is 3.71. The van der Waals surface area contributed by atoms with Gasteiger partial charge in [0, 0.05) is 23.8 Å². The van der Waals surface area contributed by atoms with Crippen LogP contribution in [0.3, 0.4) is 0 Å². The highest BCUT2D eigenvalue weighted by Gasteiger charge is 2.40. The number of fused-ring (bicyclic) bond motifs is 1. The summed E-state index contributed by atoms with van der Waals surface area (Å²) in [6, 6.07) is 11.3. The molecule has 0 bridgehead atoms. The summed E-state index contributed by atoms with van der Waals surface area (Å²) in [7, 11) is 4.61. The van der Waals surface area contributed by atoms with Crippen molar-refractivity contribution in [2.45, 2.75) is 82.6 Å². The molecule has 0 radical (unpaired) electrons. The molecule has 0 spiro atoms. The van der Waals surface area contributed by atoms with Crippen LogP contribution in [0, 0.1) is 0 Å². The SMILES string of the molecule is COc1ccc([C@H](C(=O)NC2CCCC2)N(CCc2ccc(OC)c(OC)c2)C(=O)Cn2nc(C(F)(F)F)c3c2CCCC3)cc1. The van der Waals surface area contributed by atoms with Gasteiger partial charge in [-0.05, 0) is 80.3 Å². The molecule has 1 atom stereocenters. The lowest BCUT2D eigenvalue weighted by Gasteiger charge is -2.33. The number of amides is 2. The quantitative estimate of drug-likeness (QED) is 0.273. The number of methoxy groups -OCH3 is 3. The number of carbonyl (C=O) groups is 2. The first kappa shape index (κ1) is 33.2. The monoisotopic (exact) mass is 642 g/mol. The van der Waals surface area contributed by atoms with E-state index in [4.69, 9.17) is 14.2 Å². The van der Waals surface area contributed by atoms with Gasteiger partial charge >= 0.3 is 6.18 Å². The van der Waals surface area contributed by atoms with Crippen LogP contribution >= 0.6 is 0 Å². The summed E-state index contributed by atoms with van der Waals surface area (Å²) in [6.07, 6.45) is 1.44. The molecule has 2 aliphatic rings. The number of aromatic nitrogens is 2. The smallest absolute Gasteiger partial charge is 0.435 e. The van der Waals surface area contributed by atoms with Crippen LogP contribution in [0.15, 0.2) is 42.5 Å². The molecule has 1 N–H and O–H groups in total. The fraction of sp³-hybridized carbons (Fsp3) is 0.500. The zero-order valence-corrected chi connectivity index (χ0v) is 26.5.